The van der Waals surface area contributed by atoms with Gasteiger partial charge in [0.1, 0.15) is 5.57 Å². The van der Waals surface area contributed by atoms with Crippen molar-refractivity contribution in [3.05, 3.63) is 83.1 Å². The first kappa shape index (κ1) is 23.2. The van der Waals surface area contributed by atoms with Crippen molar-refractivity contribution < 1.29 is 27.5 Å². The van der Waals surface area contributed by atoms with E-state index in [1.54, 1.807) is 6.92 Å². The Hall–Kier alpha value is -3.09. The van der Waals surface area contributed by atoms with E-state index in [-0.39, 0.29) is 6.61 Å². The van der Waals surface area contributed by atoms with Crippen LogP contribution >= 0.6 is 0 Å². The number of nitrogens with one attached hydrogen (secondary N) is 1. The molecule has 0 saturated carbocycles. The van der Waals surface area contributed by atoms with Crippen LogP contribution in [-0.2, 0) is 22.1 Å². The second-order valence-corrected chi connectivity index (χ2v) is 6.55. The topological polar surface area (TPSA) is 55.4 Å². The highest BCUT2D eigenvalue weighted by molar-refractivity contribution is 6.24. The van der Waals surface area contributed by atoms with Gasteiger partial charge in [-0.3, -0.25) is 4.79 Å². The van der Waals surface area contributed by atoms with Crippen LogP contribution in [0.4, 0.5) is 13.2 Å². The van der Waals surface area contributed by atoms with E-state index in [1.165, 1.54) is 17.7 Å². The van der Waals surface area contributed by atoms with Gasteiger partial charge in [0.25, 0.3) is 0 Å². The molecule has 0 atom stereocenters. The van der Waals surface area contributed by atoms with E-state index in [0.717, 1.165) is 37.6 Å². The molecule has 0 aliphatic heterocycles. The first-order chi connectivity index (χ1) is 14.3. The summed E-state index contributed by atoms with van der Waals surface area (Å²) in [5.41, 5.74) is -0.931. The van der Waals surface area contributed by atoms with E-state index >= 15 is 0 Å². The van der Waals surface area contributed by atoms with E-state index in [9.17, 15) is 22.8 Å². The number of esters is 1. The predicted molar refractivity (Wildman–Crippen MR) is 108 cm³/mol. The minimum Gasteiger partial charge on any atom is -0.462 e. The molecule has 0 radical (unpaired) electrons. The normalized spacial score (nSPS) is 11.8. The third kappa shape index (κ3) is 6.76. The van der Waals surface area contributed by atoms with Gasteiger partial charge >= 0.3 is 12.1 Å². The molecule has 2 rings (SSSR count). The van der Waals surface area contributed by atoms with E-state index in [0.29, 0.717) is 6.54 Å². The Labute approximate surface area is 173 Å². The van der Waals surface area contributed by atoms with Crippen LogP contribution in [0.1, 0.15) is 41.3 Å². The van der Waals surface area contributed by atoms with Gasteiger partial charge in [-0.1, -0.05) is 48.5 Å². The van der Waals surface area contributed by atoms with Gasteiger partial charge in [0.05, 0.1) is 12.2 Å². The van der Waals surface area contributed by atoms with Gasteiger partial charge < -0.3 is 10.1 Å². The summed E-state index contributed by atoms with van der Waals surface area (Å²) in [6.45, 7) is 2.02. The maximum Gasteiger partial charge on any atom is 0.417 e. The number of rotatable bonds is 10. The van der Waals surface area contributed by atoms with Crippen molar-refractivity contribution in [1.82, 2.24) is 5.32 Å². The highest BCUT2D eigenvalue weighted by Crippen LogP contribution is 2.32. The molecule has 0 spiro atoms. The lowest BCUT2D eigenvalue weighted by Gasteiger charge is -2.13. The lowest BCUT2D eigenvalue weighted by molar-refractivity contribution is -0.139. The molecule has 1 N–H and O–H groups in total. The third-order valence-electron chi connectivity index (χ3n) is 4.34. The first-order valence-electron chi connectivity index (χ1n) is 9.70. The number of ketones is 1. The Balaban J connectivity index is 2.07. The number of carbonyl (C=O) groups is 2. The van der Waals surface area contributed by atoms with Gasteiger partial charge in [0.15, 0.2) is 0 Å². The highest BCUT2D eigenvalue weighted by atomic mass is 19.4. The average molecular weight is 419 g/mol. The van der Waals surface area contributed by atoms with E-state index < -0.39 is 34.6 Å². The Kier molecular flexibility index (Phi) is 8.65. The lowest BCUT2D eigenvalue weighted by Crippen LogP contribution is -2.22. The molecule has 160 valence electrons. The molecule has 0 aliphatic rings. The van der Waals surface area contributed by atoms with Crippen LogP contribution in [0.15, 0.2) is 66.4 Å². The number of hydrogen-bond donors (Lipinski definition) is 1. The van der Waals surface area contributed by atoms with Crippen LogP contribution in [0, 0.1) is 0 Å². The summed E-state index contributed by atoms with van der Waals surface area (Å²) in [4.78, 5) is 24.9. The average Bonchev–Trinajstić information content (AvgIpc) is 2.73. The molecule has 0 fully saturated rings. The first-order valence-corrected chi connectivity index (χ1v) is 9.70. The number of alkyl halides is 3. The quantitative estimate of drug-likeness (QED) is 0.148. The molecule has 4 nitrogen and oxygen atoms in total. The van der Waals surface area contributed by atoms with Gasteiger partial charge in [-0.25, -0.2) is 4.79 Å². The van der Waals surface area contributed by atoms with Crippen LogP contribution in [0.2, 0.25) is 0 Å². The van der Waals surface area contributed by atoms with Crippen LogP contribution in [0.5, 0.6) is 0 Å². The Morgan fingerprint density at radius 3 is 2.33 bits per heavy atom. The summed E-state index contributed by atoms with van der Waals surface area (Å²) in [5, 5.41) is 2.85. The number of carbonyl (C=O) groups excluding carboxylic acids is 2. The lowest BCUT2D eigenvalue weighted by atomic mass is 9.98. The van der Waals surface area contributed by atoms with Crippen molar-refractivity contribution in [2.45, 2.75) is 32.4 Å². The maximum absolute atomic E-state index is 13.2. The number of Topliss-reactive ketones (excluding diaryl/α,β-unsaturated/α-hetero) is 1. The monoisotopic (exact) mass is 419 g/mol. The zero-order valence-electron chi connectivity index (χ0n) is 16.7. The van der Waals surface area contributed by atoms with Crippen molar-refractivity contribution in [1.29, 1.82) is 0 Å². The van der Waals surface area contributed by atoms with Gasteiger partial charge in [-0.2, -0.15) is 13.2 Å². The Morgan fingerprint density at radius 2 is 1.67 bits per heavy atom. The number of halogens is 3. The molecule has 0 unspecified atom stereocenters. The fraction of sp³-hybridized carbons (Fsp3) is 0.304. The van der Waals surface area contributed by atoms with Crippen LogP contribution in [-0.4, -0.2) is 24.9 Å². The van der Waals surface area contributed by atoms with E-state index in [2.05, 4.69) is 5.32 Å². The van der Waals surface area contributed by atoms with Crippen molar-refractivity contribution in [2.75, 3.05) is 13.2 Å². The fourth-order valence-electron chi connectivity index (χ4n) is 2.87. The number of benzene rings is 2. The van der Waals surface area contributed by atoms with Gasteiger partial charge in [-0.05, 0) is 37.8 Å². The van der Waals surface area contributed by atoms with Crippen LogP contribution in [0.25, 0.3) is 0 Å². The molecule has 0 aliphatic carbocycles. The summed E-state index contributed by atoms with van der Waals surface area (Å²) < 4.78 is 44.6. The summed E-state index contributed by atoms with van der Waals surface area (Å²) in [6, 6.07) is 14.3. The second-order valence-electron chi connectivity index (χ2n) is 6.55. The van der Waals surface area contributed by atoms with Crippen molar-refractivity contribution in [2.24, 2.45) is 0 Å². The number of ether oxygens (including phenoxy) is 1. The van der Waals surface area contributed by atoms with Crippen molar-refractivity contribution >= 4 is 11.8 Å². The molecule has 30 heavy (non-hydrogen) atoms. The SMILES string of the molecule is CCOC(=O)/C(=C/NCCCCc1ccccc1)C(=O)c1ccccc1C(F)(F)F. The number of hydrogen-bond acceptors (Lipinski definition) is 4. The molecule has 0 heterocycles. The van der Waals surface area contributed by atoms with Crippen LogP contribution in [0.3, 0.4) is 0 Å². The molecule has 0 bridgehead atoms. The van der Waals surface area contributed by atoms with Crippen molar-refractivity contribution in [3.63, 3.8) is 0 Å². The smallest absolute Gasteiger partial charge is 0.417 e. The summed E-state index contributed by atoms with van der Waals surface area (Å²) in [5.74, 6) is -1.99. The minimum atomic E-state index is -4.71. The molecular formula is C23H24F3NO3. The zero-order valence-corrected chi connectivity index (χ0v) is 16.7. The van der Waals surface area contributed by atoms with Crippen molar-refractivity contribution in [3.8, 4) is 0 Å². The van der Waals surface area contributed by atoms with Crippen LogP contribution < -0.4 is 5.32 Å². The fourth-order valence-corrected chi connectivity index (χ4v) is 2.87. The minimum absolute atomic E-state index is 0.00144. The molecule has 7 heteroatoms. The molecule has 2 aromatic carbocycles. The summed E-state index contributed by atoms with van der Waals surface area (Å²) in [7, 11) is 0. The number of aryl methyl sites for hydroxylation is 1. The van der Waals surface area contributed by atoms with Gasteiger partial charge in [0, 0.05) is 18.3 Å². The molecular weight excluding hydrogens is 395 g/mol. The van der Waals surface area contributed by atoms with Gasteiger partial charge in [0.2, 0.25) is 5.78 Å². The number of unbranched alkanes of at least 4 members (excludes halogenated alkanes) is 1. The van der Waals surface area contributed by atoms with Gasteiger partial charge in [-0.15, -0.1) is 0 Å². The Bertz CT molecular complexity index is 877. The van der Waals surface area contributed by atoms with E-state index in [1.807, 2.05) is 30.3 Å². The molecule has 0 saturated heterocycles. The standard InChI is InChI=1S/C23H24F3NO3/c1-2-30-22(29)19(16-27-15-9-8-12-17-10-4-3-5-11-17)21(28)18-13-6-7-14-20(18)23(24,25)26/h3-7,10-11,13-14,16,27H,2,8-9,12,15H2,1H3/b19-16+. The largest absolute Gasteiger partial charge is 0.462 e. The predicted octanol–water partition coefficient (Wildman–Crippen LogP) is 4.95. The van der Waals surface area contributed by atoms with E-state index in [4.69, 9.17) is 4.74 Å². The molecule has 0 amide bonds. The molecule has 0 aromatic heterocycles. The zero-order chi connectivity index (χ0) is 22.0. The second kappa shape index (κ2) is 11.2. The maximum atomic E-state index is 13.2. The highest BCUT2D eigenvalue weighted by Gasteiger charge is 2.36. The Morgan fingerprint density at radius 1 is 1.00 bits per heavy atom. The third-order valence-corrected chi connectivity index (χ3v) is 4.34. The molecule has 2 aromatic rings. The summed E-state index contributed by atoms with van der Waals surface area (Å²) >= 11 is 0. The summed E-state index contributed by atoms with van der Waals surface area (Å²) in [6.07, 6.45) is -1.04.